The summed E-state index contributed by atoms with van der Waals surface area (Å²) >= 11 is 1.87. The molecule has 0 N–H and O–H groups in total. The van der Waals surface area contributed by atoms with Crippen LogP contribution in [0.1, 0.15) is 44.7 Å². The number of para-hydroxylation sites is 1. The van der Waals surface area contributed by atoms with Crippen molar-refractivity contribution in [2.45, 2.75) is 50.3 Å². The standard InChI is InChI=1S/C26H29FOS/c1-4-29-23-15-13-21(14-16-23)26(2,3)18-8-9-20-12-17-24(27)25(19-20)28-22-10-6-5-7-11-22/h5-7,10-17,19H,4,8-9,18H2,1-3H3. The van der Waals surface area contributed by atoms with Crippen molar-refractivity contribution in [1.29, 1.82) is 0 Å². The Morgan fingerprint density at radius 2 is 1.66 bits per heavy atom. The molecule has 0 unspecified atom stereocenters. The van der Waals surface area contributed by atoms with Crippen molar-refractivity contribution >= 4 is 11.8 Å². The van der Waals surface area contributed by atoms with Crippen LogP contribution in [0, 0.1) is 5.82 Å². The van der Waals surface area contributed by atoms with Gasteiger partial charge in [0.05, 0.1) is 0 Å². The molecule has 0 radical (unpaired) electrons. The minimum Gasteiger partial charge on any atom is -0.454 e. The second-order valence-corrected chi connectivity index (χ2v) is 9.21. The second kappa shape index (κ2) is 9.98. The molecule has 3 aromatic rings. The Morgan fingerprint density at radius 3 is 2.34 bits per heavy atom. The highest BCUT2D eigenvalue weighted by atomic mass is 32.2. The highest BCUT2D eigenvalue weighted by molar-refractivity contribution is 7.99. The Morgan fingerprint density at radius 1 is 0.931 bits per heavy atom. The van der Waals surface area contributed by atoms with E-state index >= 15 is 0 Å². The van der Waals surface area contributed by atoms with Crippen LogP contribution >= 0.6 is 11.8 Å². The van der Waals surface area contributed by atoms with Gasteiger partial charge in [0.2, 0.25) is 0 Å². The maximum Gasteiger partial charge on any atom is 0.165 e. The van der Waals surface area contributed by atoms with Gasteiger partial charge in [-0.05, 0) is 78.0 Å². The second-order valence-electron chi connectivity index (χ2n) is 7.87. The molecule has 0 heterocycles. The maximum absolute atomic E-state index is 14.1. The zero-order chi connectivity index (χ0) is 20.7. The molecule has 29 heavy (non-hydrogen) atoms. The molecule has 0 atom stereocenters. The molecule has 0 aliphatic heterocycles. The van der Waals surface area contributed by atoms with E-state index in [-0.39, 0.29) is 17.0 Å². The number of thioether (sulfide) groups is 1. The molecule has 0 bridgehead atoms. The lowest BCUT2D eigenvalue weighted by Crippen LogP contribution is -2.17. The van der Waals surface area contributed by atoms with Crippen LogP contribution in [-0.4, -0.2) is 5.75 Å². The summed E-state index contributed by atoms with van der Waals surface area (Å²) in [5.41, 5.74) is 2.58. The Labute approximate surface area is 178 Å². The molecule has 0 saturated carbocycles. The molecule has 1 nitrogen and oxygen atoms in total. The number of hydrogen-bond donors (Lipinski definition) is 0. The first-order valence-electron chi connectivity index (χ1n) is 10.2. The van der Waals surface area contributed by atoms with E-state index < -0.39 is 0 Å². The number of rotatable bonds is 9. The third-order valence-corrected chi connectivity index (χ3v) is 6.07. The van der Waals surface area contributed by atoms with E-state index in [1.165, 1.54) is 16.5 Å². The van der Waals surface area contributed by atoms with Gasteiger partial charge in [0.1, 0.15) is 5.75 Å². The fraction of sp³-hybridized carbons (Fsp3) is 0.308. The van der Waals surface area contributed by atoms with Crippen LogP contribution in [0.15, 0.2) is 77.7 Å². The lowest BCUT2D eigenvalue weighted by atomic mass is 9.80. The Kier molecular flexibility index (Phi) is 7.38. The summed E-state index contributed by atoms with van der Waals surface area (Å²) in [6, 6.07) is 23.5. The number of hydrogen-bond acceptors (Lipinski definition) is 2. The zero-order valence-corrected chi connectivity index (χ0v) is 18.3. The van der Waals surface area contributed by atoms with Crippen LogP contribution in [0.4, 0.5) is 4.39 Å². The van der Waals surface area contributed by atoms with E-state index in [9.17, 15) is 4.39 Å². The summed E-state index contributed by atoms with van der Waals surface area (Å²) in [6.07, 6.45) is 3.01. The molecular formula is C26H29FOS. The van der Waals surface area contributed by atoms with Gasteiger partial charge < -0.3 is 4.74 Å². The zero-order valence-electron chi connectivity index (χ0n) is 17.5. The van der Waals surface area contributed by atoms with Crippen LogP contribution < -0.4 is 4.74 Å². The van der Waals surface area contributed by atoms with Crippen molar-refractivity contribution < 1.29 is 9.13 Å². The normalized spacial score (nSPS) is 11.4. The largest absolute Gasteiger partial charge is 0.454 e. The van der Waals surface area contributed by atoms with Gasteiger partial charge in [-0.1, -0.05) is 57.2 Å². The molecule has 0 aliphatic rings. The molecule has 3 aromatic carbocycles. The van der Waals surface area contributed by atoms with E-state index in [1.807, 2.05) is 54.2 Å². The minimum absolute atomic E-state index is 0.110. The SMILES string of the molecule is CCSc1ccc(C(C)(C)CCCc2ccc(F)c(Oc3ccccc3)c2)cc1. The van der Waals surface area contributed by atoms with Crippen LogP contribution in [0.2, 0.25) is 0 Å². The van der Waals surface area contributed by atoms with E-state index in [4.69, 9.17) is 4.74 Å². The summed E-state index contributed by atoms with van der Waals surface area (Å²) in [5.74, 6) is 1.70. The van der Waals surface area contributed by atoms with Crippen LogP contribution in [0.3, 0.4) is 0 Å². The average Bonchev–Trinajstić information content (AvgIpc) is 2.72. The van der Waals surface area contributed by atoms with Gasteiger partial charge in [-0.25, -0.2) is 4.39 Å². The minimum atomic E-state index is -0.331. The Bertz CT molecular complexity index is 904. The van der Waals surface area contributed by atoms with Crippen LogP contribution in [0.25, 0.3) is 0 Å². The van der Waals surface area contributed by atoms with E-state index in [0.717, 1.165) is 30.6 Å². The van der Waals surface area contributed by atoms with Crippen molar-refractivity contribution in [2.75, 3.05) is 5.75 Å². The van der Waals surface area contributed by atoms with E-state index in [1.54, 1.807) is 0 Å². The molecule has 152 valence electrons. The summed E-state index contributed by atoms with van der Waals surface area (Å²) in [5, 5.41) is 0. The van der Waals surface area contributed by atoms with Crippen molar-refractivity contribution in [3.05, 3.63) is 89.7 Å². The smallest absolute Gasteiger partial charge is 0.165 e. The molecule has 0 saturated heterocycles. The number of halogens is 1. The maximum atomic E-state index is 14.1. The summed E-state index contributed by atoms with van der Waals surface area (Å²) in [7, 11) is 0. The molecule has 0 amide bonds. The van der Waals surface area contributed by atoms with Crippen molar-refractivity contribution in [3.63, 3.8) is 0 Å². The molecular weight excluding hydrogens is 379 g/mol. The first-order chi connectivity index (χ1) is 14.0. The van der Waals surface area contributed by atoms with Gasteiger partial charge in [-0.2, -0.15) is 0 Å². The van der Waals surface area contributed by atoms with Crippen molar-refractivity contribution in [1.82, 2.24) is 0 Å². The number of aryl methyl sites for hydroxylation is 1. The predicted octanol–water partition coefficient (Wildman–Crippen LogP) is 8.03. The van der Waals surface area contributed by atoms with Crippen LogP contribution in [-0.2, 0) is 11.8 Å². The third-order valence-electron chi connectivity index (χ3n) is 5.18. The fourth-order valence-electron chi connectivity index (χ4n) is 3.44. The summed E-state index contributed by atoms with van der Waals surface area (Å²) in [4.78, 5) is 1.32. The average molecular weight is 409 g/mol. The first kappa shape index (κ1) is 21.4. The first-order valence-corrected chi connectivity index (χ1v) is 11.2. The highest BCUT2D eigenvalue weighted by Gasteiger charge is 2.20. The molecule has 3 heteroatoms. The van der Waals surface area contributed by atoms with E-state index in [2.05, 4.69) is 45.0 Å². The topological polar surface area (TPSA) is 9.23 Å². The Balaban J connectivity index is 1.60. The van der Waals surface area contributed by atoms with E-state index in [0.29, 0.717) is 5.75 Å². The predicted molar refractivity (Wildman–Crippen MR) is 122 cm³/mol. The molecule has 0 fully saturated rings. The molecule has 0 aliphatic carbocycles. The summed E-state index contributed by atoms with van der Waals surface area (Å²) in [6.45, 7) is 6.77. The van der Waals surface area contributed by atoms with Crippen LogP contribution in [0.5, 0.6) is 11.5 Å². The lowest BCUT2D eigenvalue weighted by Gasteiger charge is -2.25. The van der Waals surface area contributed by atoms with Gasteiger partial charge in [0.25, 0.3) is 0 Å². The highest BCUT2D eigenvalue weighted by Crippen LogP contribution is 2.31. The van der Waals surface area contributed by atoms with Gasteiger partial charge in [0.15, 0.2) is 11.6 Å². The Hall–Kier alpha value is -2.26. The van der Waals surface area contributed by atoms with Gasteiger partial charge in [0, 0.05) is 4.90 Å². The van der Waals surface area contributed by atoms with Crippen molar-refractivity contribution in [2.24, 2.45) is 0 Å². The lowest BCUT2D eigenvalue weighted by molar-refractivity contribution is 0.439. The number of ether oxygens (including phenoxy) is 1. The molecule has 0 spiro atoms. The monoisotopic (exact) mass is 408 g/mol. The molecule has 3 rings (SSSR count). The summed E-state index contributed by atoms with van der Waals surface area (Å²) < 4.78 is 19.9. The molecule has 0 aromatic heterocycles. The third kappa shape index (κ3) is 6.11. The van der Waals surface area contributed by atoms with Gasteiger partial charge in [-0.3, -0.25) is 0 Å². The van der Waals surface area contributed by atoms with Crippen molar-refractivity contribution in [3.8, 4) is 11.5 Å². The number of benzene rings is 3. The van der Waals surface area contributed by atoms with Gasteiger partial charge in [-0.15, -0.1) is 11.8 Å². The van der Waals surface area contributed by atoms with Gasteiger partial charge >= 0.3 is 0 Å². The quantitative estimate of drug-likeness (QED) is 0.331. The fourth-order valence-corrected chi connectivity index (χ4v) is 4.11.